The van der Waals surface area contributed by atoms with Gasteiger partial charge in [0.1, 0.15) is 5.82 Å². The average Bonchev–Trinajstić information content (AvgIpc) is 2.49. The molecule has 1 aromatic heterocycles. The maximum Gasteiger partial charge on any atom is 0.254 e. The molecular formula is C15H24N4O. The van der Waals surface area contributed by atoms with Crippen LogP contribution >= 0.6 is 0 Å². The molecule has 5 nitrogen and oxygen atoms in total. The molecule has 1 atom stereocenters. The van der Waals surface area contributed by atoms with Crippen LogP contribution in [0.25, 0.3) is 0 Å². The number of likely N-dealkylation sites (tertiary alicyclic amines) is 1. The minimum atomic E-state index is -0.105. The number of carbonyl (C=O) groups is 1. The van der Waals surface area contributed by atoms with Crippen LogP contribution in [-0.2, 0) is 0 Å². The second-order valence-electron chi connectivity index (χ2n) is 5.29. The average molecular weight is 276 g/mol. The van der Waals surface area contributed by atoms with Crippen LogP contribution in [0, 0.1) is 0 Å². The molecular weight excluding hydrogens is 252 g/mol. The van der Waals surface area contributed by atoms with Crippen LogP contribution in [0.15, 0.2) is 18.3 Å². The van der Waals surface area contributed by atoms with Gasteiger partial charge in [-0.15, -0.1) is 0 Å². The summed E-state index contributed by atoms with van der Waals surface area (Å²) in [6, 6.07) is 4.23. The van der Waals surface area contributed by atoms with Crippen molar-refractivity contribution in [2.75, 3.05) is 32.0 Å². The number of hydrogen-bond donors (Lipinski definition) is 2. The SMILES string of the molecule is CNC(=O)c1cccnc1NCCN1CCCCC1C. The molecule has 1 aliphatic heterocycles. The van der Waals surface area contributed by atoms with Crippen molar-refractivity contribution in [3.63, 3.8) is 0 Å². The summed E-state index contributed by atoms with van der Waals surface area (Å²) in [7, 11) is 1.63. The van der Waals surface area contributed by atoms with Crippen molar-refractivity contribution in [1.82, 2.24) is 15.2 Å². The molecule has 20 heavy (non-hydrogen) atoms. The summed E-state index contributed by atoms with van der Waals surface area (Å²) in [6.45, 7) is 5.26. The summed E-state index contributed by atoms with van der Waals surface area (Å²) in [6.07, 6.45) is 5.62. The lowest BCUT2D eigenvalue weighted by Gasteiger charge is -2.33. The van der Waals surface area contributed by atoms with E-state index in [2.05, 4.69) is 27.4 Å². The van der Waals surface area contributed by atoms with Crippen molar-refractivity contribution >= 4 is 11.7 Å². The molecule has 0 bridgehead atoms. The normalized spacial score (nSPS) is 19.6. The van der Waals surface area contributed by atoms with Crippen molar-refractivity contribution < 1.29 is 4.79 Å². The number of hydrogen-bond acceptors (Lipinski definition) is 4. The van der Waals surface area contributed by atoms with E-state index in [4.69, 9.17) is 0 Å². The molecule has 2 N–H and O–H groups in total. The van der Waals surface area contributed by atoms with Gasteiger partial charge in [-0.1, -0.05) is 6.42 Å². The van der Waals surface area contributed by atoms with Gasteiger partial charge in [0, 0.05) is 32.4 Å². The number of nitrogens with one attached hydrogen (secondary N) is 2. The second-order valence-corrected chi connectivity index (χ2v) is 5.29. The summed E-state index contributed by atoms with van der Waals surface area (Å²) in [5.41, 5.74) is 0.599. The van der Waals surface area contributed by atoms with Crippen molar-refractivity contribution in [1.29, 1.82) is 0 Å². The largest absolute Gasteiger partial charge is 0.368 e. The van der Waals surface area contributed by atoms with Gasteiger partial charge in [0.05, 0.1) is 5.56 Å². The highest BCUT2D eigenvalue weighted by Crippen LogP contribution is 2.16. The molecule has 110 valence electrons. The van der Waals surface area contributed by atoms with Gasteiger partial charge < -0.3 is 10.6 Å². The summed E-state index contributed by atoms with van der Waals surface area (Å²) < 4.78 is 0. The fourth-order valence-electron chi connectivity index (χ4n) is 2.67. The van der Waals surface area contributed by atoms with Gasteiger partial charge in [-0.05, 0) is 38.4 Å². The quantitative estimate of drug-likeness (QED) is 0.860. The Hall–Kier alpha value is -1.62. The fraction of sp³-hybridized carbons (Fsp3) is 0.600. The van der Waals surface area contributed by atoms with Crippen LogP contribution in [-0.4, -0.2) is 48.5 Å². The highest BCUT2D eigenvalue weighted by Gasteiger charge is 2.17. The topological polar surface area (TPSA) is 57.3 Å². The number of aromatic nitrogens is 1. The molecule has 0 spiro atoms. The number of pyridine rings is 1. The van der Waals surface area contributed by atoms with Gasteiger partial charge in [0.15, 0.2) is 0 Å². The zero-order chi connectivity index (χ0) is 14.4. The Morgan fingerprint density at radius 2 is 2.35 bits per heavy atom. The highest BCUT2D eigenvalue weighted by atomic mass is 16.1. The van der Waals surface area contributed by atoms with Gasteiger partial charge >= 0.3 is 0 Å². The highest BCUT2D eigenvalue weighted by molar-refractivity contribution is 5.98. The molecule has 1 amide bonds. The third kappa shape index (κ3) is 3.70. The van der Waals surface area contributed by atoms with Crippen LogP contribution in [0.5, 0.6) is 0 Å². The third-order valence-corrected chi connectivity index (χ3v) is 3.91. The second kappa shape index (κ2) is 7.24. The first-order chi connectivity index (χ1) is 9.72. The molecule has 1 fully saturated rings. The van der Waals surface area contributed by atoms with E-state index >= 15 is 0 Å². The van der Waals surface area contributed by atoms with E-state index in [-0.39, 0.29) is 5.91 Å². The summed E-state index contributed by atoms with van der Waals surface area (Å²) in [5, 5.41) is 5.92. The molecule has 1 unspecified atom stereocenters. The molecule has 1 aromatic rings. The molecule has 0 saturated carbocycles. The lowest BCUT2D eigenvalue weighted by atomic mass is 10.0. The molecule has 2 heterocycles. The third-order valence-electron chi connectivity index (χ3n) is 3.91. The zero-order valence-electron chi connectivity index (χ0n) is 12.4. The number of amides is 1. The molecule has 0 radical (unpaired) electrons. The smallest absolute Gasteiger partial charge is 0.254 e. The number of nitrogens with zero attached hydrogens (tertiary/aromatic N) is 2. The standard InChI is InChI=1S/C15H24N4O/c1-12-6-3-4-10-19(12)11-9-18-14-13(15(20)16-2)7-5-8-17-14/h5,7-8,12H,3-4,6,9-11H2,1-2H3,(H,16,20)(H,17,18). The Labute approximate surface area is 120 Å². The van der Waals surface area contributed by atoms with Crippen molar-refractivity contribution in [2.45, 2.75) is 32.2 Å². The predicted octanol–water partition coefficient (Wildman–Crippen LogP) is 1.73. The molecule has 1 aliphatic rings. The minimum Gasteiger partial charge on any atom is -0.368 e. The predicted molar refractivity (Wildman–Crippen MR) is 81.0 cm³/mol. The molecule has 0 aliphatic carbocycles. The molecule has 1 saturated heterocycles. The lowest BCUT2D eigenvalue weighted by Crippen LogP contribution is -2.40. The Morgan fingerprint density at radius 1 is 1.50 bits per heavy atom. The maximum atomic E-state index is 11.7. The van der Waals surface area contributed by atoms with Crippen LogP contribution in [0.1, 0.15) is 36.5 Å². The van der Waals surface area contributed by atoms with E-state index in [9.17, 15) is 4.79 Å². The zero-order valence-corrected chi connectivity index (χ0v) is 12.4. The number of rotatable bonds is 5. The first-order valence-corrected chi connectivity index (χ1v) is 7.37. The van der Waals surface area contributed by atoms with Crippen LogP contribution in [0.2, 0.25) is 0 Å². The van der Waals surface area contributed by atoms with Crippen molar-refractivity contribution in [2.24, 2.45) is 0 Å². The van der Waals surface area contributed by atoms with E-state index in [1.807, 2.05) is 0 Å². The molecule has 0 aromatic carbocycles. The van der Waals surface area contributed by atoms with Gasteiger partial charge in [-0.2, -0.15) is 0 Å². The van der Waals surface area contributed by atoms with Gasteiger partial charge in [-0.25, -0.2) is 4.98 Å². The van der Waals surface area contributed by atoms with Crippen LogP contribution in [0.3, 0.4) is 0 Å². The maximum absolute atomic E-state index is 11.7. The van der Waals surface area contributed by atoms with Crippen LogP contribution < -0.4 is 10.6 Å². The van der Waals surface area contributed by atoms with E-state index in [1.54, 1.807) is 25.4 Å². The van der Waals surface area contributed by atoms with E-state index < -0.39 is 0 Å². The number of carbonyl (C=O) groups excluding carboxylic acids is 1. The Bertz CT molecular complexity index is 449. The monoisotopic (exact) mass is 276 g/mol. The van der Waals surface area contributed by atoms with E-state index in [0.717, 1.165) is 13.1 Å². The summed E-state index contributed by atoms with van der Waals surface area (Å²) >= 11 is 0. The first kappa shape index (κ1) is 14.8. The van der Waals surface area contributed by atoms with E-state index in [0.29, 0.717) is 17.4 Å². The Kier molecular flexibility index (Phi) is 5.35. The summed E-state index contributed by atoms with van der Waals surface area (Å²) in [5.74, 6) is 0.559. The first-order valence-electron chi connectivity index (χ1n) is 7.37. The van der Waals surface area contributed by atoms with Gasteiger partial charge in [0.2, 0.25) is 0 Å². The number of piperidine rings is 1. The van der Waals surface area contributed by atoms with E-state index in [1.165, 1.54) is 25.8 Å². The van der Waals surface area contributed by atoms with Crippen molar-refractivity contribution in [3.8, 4) is 0 Å². The Morgan fingerprint density at radius 3 is 3.10 bits per heavy atom. The molecule has 5 heteroatoms. The van der Waals surface area contributed by atoms with Gasteiger partial charge in [0.25, 0.3) is 5.91 Å². The minimum absolute atomic E-state index is 0.105. The fourth-order valence-corrected chi connectivity index (χ4v) is 2.67. The summed E-state index contributed by atoms with van der Waals surface area (Å²) in [4.78, 5) is 18.5. The van der Waals surface area contributed by atoms with Crippen LogP contribution in [0.4, 0.5) is 5.82 Å². The Balaban J connectivity index is 1.89. The van der Waals surface area contributed by atoms with Gasteiger partial charge in [-0.3, -0.25) is 9.69 Å². The number of anilines is 1. The van der Waals surface area contributed by atoms with Crippen molar-refractivity contribution in [3.05, 3.63) is 23.9 Å². The molecule has 2 rings (SSSR count). The lowest BCUT2D eigenvalue weighted by molar-refractivity contribution is 0.0963.